The van der Waals surface area contributed by atoms with E-state index in [-0.39, 0.29) is 12.0 Å². The summed E-state index contributed by atoms with van der Waals surface area (Å²) in [6.45, 7) is 3.96. The smallest absolute Gasteiger partial charge is 0.222 e. The van der Waals surface area contributed by atoms with Crippen molar-refractivity contribution in [2.24, 2.45) is 0 Å². The summed E-state index contributed by atoms with van der Waals surface area (Å²) >= 11 is 0. The maximum Gasteiger partial charge on any atom is 0.222 e. The maximum atomic E-state index is 12.4. The van der Waals surface area contributed by atoms with E-state index in [1.165, 1.54) is 19.3 Å². The average Bonchev–Trinajstić information content (AvgIpc) is 2.54. The molecule has 23 heavy (non-hydrogen) atoms. The van der Waals surface area contributed by atoms with Crippen LogP contribution in [0, 0.1) is 0 Å². The fourth-order valence-corrected chi connectivity index (χ4v) is 3.21. The molecule has 0 aromatic heterocycles. The predicted molar refractivity (Wildman–Crippen MR) is 94.6 cm³/mol. The number of aryl methyl sites for hydroxylation is 1. The van der Waals surface area contributed by atoms with Crippen LogP contribution in [0.4, 0.5) is 5.69 Å². The lowest BCUT2D eigenvalue weighted by Gasteiger charge is -2.31. The molecule has 4 nitrogen and oxygen atoms in total. The third-order valence-electron chi connectivity index (χ3n) is 4.58. The van der Waals surface area contributed by atoms with Crippen LogP contribution >= 0.6 is 0 Å². The standard InChI is InChI=1S/C19H30N2O2/c1-14(2)23-18-11-9-15(13-17(18)20)10-12-19(22)21(3)16-7-5-4-6-8-16/h9,11,13-14,16H,4-8,10,12,20H2,1-3H3. The molecule has 128 valence electrons. The maximum absolute atomic E-state index is 12.4. The highest BCUT2D eigenvalue weighted by atomic mass is 16.5. The number of carbonyl (C=O) groups excluding carboxylic acids is 1. The molecule has 1 saturated carbocycles. The van der Waals surface area contributed by atoms with E-state index in [1.807, 2.05) is 44.0 Å². The van der Waals surface area contributed by atoms with Crippen LogP contribution in [0.15, 0.2) is 18.2 Å². The Morgan fingerprint density at radius 3 is 2.61 bits per heavy atom. The number of nitrogen functional groups attached to an aromatic ring is 1. The predicted octanol–water partition coefficient (Wildman–Crippen LogP) is 3.78. The zero-order valence-corrected chi connectivity index (χ0v) is 14.7. The largest absolute Gasteiger partial charge is 0.489 e. The number of hydrogen-bond acceptors (Lipinski definition) is 3. The Morgan fingerprint density at radius 1 is 1.30 bits per heavy atom. The molecule has 2 rings (SSSR count). The summed E-state index contributed by atoms with van der Waals surface area (Å²) < 4.78 is 5.64. The minimum Gasteiger partial charge on any atom is -0.489 e. The highest BCUT2D eigenvalue weighted by Gasteiger charge is 2.21. The van der Waals surface area contributed by atoms with Crippen molar-refractivity contribution in [3.8, 4) is 5.75 Å². The van der Waals surface area contributed by atoms with Crippen LogP contribution in [0.5, 0.6) is 5.75 Å². The van der Waals surface area contributed by atoms with Crippen molar-refractivity contribution < 1.29 is 9.53 Å². The van der Waals surface area contributed by atoms with Crippen molar-refractivity contribution in [3.05, 3.63) is 23.8 Å². The quantitative estimate of drug-likeness (QED) is 0.812. The van der Waals surface area contributed by atoms with Gasteiger partial charge in [-0.3, -0.25) is 4.79 Å². The van der Waals surface area contributed by atoms with Gasteiger partial charge in [-0.25, -0.2) is 0 Å². The Labute approximate surface area is 140 Å². The first-order valence-electron chi connectivity index (χ1n) is 8.78. The number of anilines is 1. The fraction of sp³-hybridized carbons (Fsp3) is 0.632. The molecular formula is C19H30N2O2. The van der Waals surface area contributed by atoms with Gasteiger partial charge in [-0.1, -0.05) is 25.3 Å². The minimum atomic E-state index is 0.105. The van der Waals surface area contributed by atoms with Gasteiger partial charge >= 0.3 is 0 Å². The molecule has 2 N–H and O–H groups in total. The van der Waals surface area contributed by atoms with Gasteiger partial charge in [0.2, 0.25) is 5.91 Å². The van der Waals surface area contributed by atoms with Gasteiger partial charge in [0.05, 0.1) is 11.8 Å². The van der Waals surface area contributed by atoms with E-state index in [1.54, 1.807) is 0 Å². The van der Waals surface area contributed by atoms with Gasteiger partial charge in [0.1, 0.15) is 5.75 Å². The molecule has 1 aromatic rings. The number of hydrogen-bond donors (Lipinski definition) is 1. The molecular weight excluding hydrogens is 288 g/mol. The summed E-state index contributed by atoms with van der Waals surface area (Å²) in [5.74, 6) is 0.951. The van der Waals surface area contributed by atoms with Crippen molar-refractivity contribution in [2.45, 2.75) is 70.9 Å². The number of ether oxygens (including phenoxy) is 1. The van der Waals surface area contributed by atoms with Gasteiger partial charge in [0, 0.05) is 19.5 Å². The van der Waals surface area contributed by atoms with Crippen LogP contribution in [-0.2, 0) is 11.2 Å². The molecule has 1 fully saturated rings. The molecule has 1 aliphatic rings. The Balaban J connectivity index is 1.87. The number of nitrogens with two attached hydrogens (primary N) is 1. The number of carbonyl (C=O) groups is 1. The first-order valence-corrected chi connectivity index (χ1v) is 8.78. The second kappa shape index (κ2) is 8.23. The van der Waals surface area contributed by atoms with Crippen molar-refractivity contribution in [2.75, 3.05) is 12.8 Å². The van der Waals surface area contributed by atoms with E-state index < -0.39 is 0 Å². The summed E-state index contributed by atoms with van der Waals surface area (Å²) in [7, 11) is 1.95. The van der Waals surface area contributed by atoms with Crippen LogP contribution in [0.1, 0.15) is 57.9 Å². The number of benzene rings is 1. The molecule has 1 aliphatic carbocycles. The summed E-state index contributed by atoms with van der Waals surface area (Å²) in [6.07, 6.45) is 7.47. The Hall–Kier alpha value is -1.71. The van der Waals surface area contributed by atoms with Crippen molar-refractivity contribution in [1.29, 1.82) is 0 Å². The fourth-order valence-electron chi connectivity index (χ4n) is 3.21. The molecule has 0 spiro atoms. The highest BCUT2D eigenvalue weighted by molar-refractivity contribution is 5.76. The lowest BCUT2D eigenvalue weighted by molar-refractivity contribution is -0.132. The van der Waals surface area contributed by atoms with Crippen LogP contribution in [0.25, 0.3) is 0 Å². The molecule has 0 heterocycles. The SMILES string of the molecule is CC(C)Oc1ccc(CCC(=O)N(C)C2CCCCC2)cc1N. The highest BCUT2D eigenvalue weighted by Crippen LogP contribution is 2.25. The van der Waals surface area contributed by atoms with Gasteiger partial charge < -0.3 is 15.4 Å². The molecule has 4 heteroatoms. The number of nitrogens with zero attached hydrogens (tertiary/aromatic N) is 1. The van der Waals surface area contributed by atoms with E-state index in [0.717, 1.165) is 30.6 Å². The van der Waals surface area contributed by atoms with Crippen LogP contribution in [-0.4, -0.2) is 30.0 Å². The van der Waals surface area contributed by atoms with Crippen molar-refractivity contribution in [3.63, 3.8) is 0 Å². The van der Waals surface area contributed by atoms with E-state index in [4.69, 9.17) is 10.5 Å². The molecule has 0 saturated heterocycles. The van der Waals surface area contributed by atoms with E-state index in [9.17, 15) is 4.79 Å². The first kappa shape index (κ1) is 17.6. The van der Waals surface area contributed by atoms with E-state index >= 15 is 0 Å². The first-order chi connectivity index (χ1) is 11.0. The monoisotopic (exact) mass is 318 g/mol. The number of rotatable bonds is 6. The lowest BCUT2D eigenvalue weighted by atomic mass is 9.94. The Bertz CT molecular complexity index is 522. The minimum absolute atomic E-state index is 0.105. The zero-order valence-electron chi connectivity index (χ0n) is 14.7. The third-order valence-corrected chi connectivity index (χ3v) is 4.58. The van der Waals surface area contributed by atoms with Gasteiger partial charge in [-0.15, -0.1) is 0 Å². The molecule has 0 aliphatic heterocycles. The van der Waals surface area contributed by atoms with Crippen LogP contribution < -0.4 is 10.5 Å². The van der Waals surface area contributed by atoms with Crippen LogP contribution in [0.2, 0.25) is 0 Å². The van der Waals surface area contributed by atoms with Gasteiger partial charge in [0.15, 0.2) is 0 Å². The molecule has 1 aromatic carbocycles. The van der Waals surface area contributed by atoms with Crippen molar-refractivity contribution in [1.82, 2.24) is 4.90 Å². The summed E-state index contributed by atoms with van der Waals surface area (Å²) in [4.78, 5) is 14.3. The van der Waals surface area contributed by atoms with Crippen LogP contribution in [0.3, 0.4) is 0 Å². The summed E-state index contributed by atoms with van der Waals surface area (Å²) in [6, 6.07) is 6.26. The van der Waals surface area contributed by atoms with Crippen molar-refractivity contribution >= 4 is 11.6 Å². The van der Waals surface area contributed by atoms with E-state index in [2.05, 4.69) is 0 Å². The third kappa shape index (κ3) is 5.15. The Morgan fingerprint density at radius 2 is 2.00 bits per heavy atom. The molecule has 0 unspecified atom stereocenters. The molecule has 1 amide bonds. The summed E-state index contributed by atoms with van der Waals surface area (Å²) in [5, 5.41) is 0. The molecule has 0 atom stereocenters. The van der Waals surface area contributed by atoms with Gasteiger partial charge in [0.25, 0.3) is 0 Å². The number of amides is 1. The second-order valence-electron chi connectivity index (χ2n) is 6.84. The Kier molecular flexibility index (Phi) is 6.31. The average molecular weight is 318 g/mol. The van der Waals surface area contributed by atoms with Gasteiger partial charge in [-0.05, 0) is 50.8 Å². The summed E-state index contributed by atoms with van der Waals surface area (Å²) in [5.41, 5.74) is 7.76. The topological polar surface area (TPSA) is 55.6 Å². The second-order valence-corrected chi connectivity index (χ2v) is 6.84. The van der Waals surface area contributed by atoms with Gasteiger partial charge in [-0.2, -0.15) is 0 Å². The lowest BCUT2D eigenvalue weighted by Crippen LogP contribution is -2.38. The zero-order chi connectivity index (χ0) is 16.8. The molecule has 0 bridgehead atoms. The normalized spacial score (nSPS) is 15.7. The molecule has 0 radical (unpaired) electrons. The van der Waals surface area contributed by atoms with E-state index in [0.29, 0.717) is 18.2 Å².